The molecule has 44 heavy (non-hydrogen) atoms. The first kappa shape index (κ1) is 29.4. The zero-order valence-corrected chi connectivity index (χ0v) is 26.0. The van der Waals surface area contributed by atoms with Gasteiger partial charge in [-0.05, 0) is 71.8 Å². The first-order chi connectivity index (χ1) is 21.2. The van der Waals surface area contributed by atoms with E-state index in [1.165, 1.54) is 0 Å². The number of H-pyrrole nitrogens is 1. The molecule has 6 rings (SSSR count). The maximum atomic E-state index is 13.9. The first-order valence-corrected chi connectivity index (χ1v) is 15.0. The van der Waals surface area contributed by atoms with E-state index in [9.17, 15) is 4.79 Å². The highest BCUT2D eigenvalue weighted by Gasteiger charge is 2.24. The topological polar surface area (TPSA) is 126 Å². The quantitative estimate of drug-likeness (QED) is 0.259. The minimum Gasteiger partial charge on any atom is -0.496 e. The van der Waals surface area contributed by atoms with Crippen molar-refractivity contribution in [2.45, 2.75) is 40.0 Å². The van der Waals surface area contributed by atoms with E-state index in [2.05, 4.69) is 40.3 Å². The summed E-state index contributed by atoms with van der Waals surface area (Å²) in [7, 11) is 3.77. The van der Waals surface area contributed by atoms with Crippen molar-refractivity contribution >= 4 is 39.6 Å². The summed E-state index contributed by atoms with van der Waals surface area (Å²) in [5.41, 5.74) is 12.4. The number of benzene rings is 1. The third-order valence-electron chi connectivity index (χ3n) is 8.51. The number of fused-ring (bicyclic) bond motifs is 2. The molecule has 1 fully saturated rings. The van der Waals surface area contributed by atoms with Crippen LogP contribution in [0.2, 0.25) is 0 Å². The maximum absolute atomic E-state index is 13.9. The van der Waals surface area contributed by atoms with E-state index < -0.39 is 0 Å². The molecule has 0 bridgehead atoms. The van der Waals surface area contributed by atoms with Gasteiger partial charge < -0.3 is 29.8 Å². The Labute approximate surface area is 256 Å². The van der Waals surface area contributed by atoms with Gasteiger partial charge in [-0.15, -0.1) is 0 Å². The summed E-state index contributed by atoms with van der Waals surface area (Å²) in [6.45, 7) is 8.90. The zero-order valence-electron chi connectivity index (χ0n) is 26.0. The Morgan fingerprint density at radius 2 is 2.05 bits per heavy atom. The lowest BCUT2D eigenvalue weighted by molar-refractivity contribution is -0.124. The number of methoxy groups -OCH3 is 1. The van der Waals surface area contributed by atoms with Crippen LogP contribution in [-0.4, -0.2) is 77.0 Å². The molecule has 0 saturated carbocycles. The third-order valence-corrected chi connectivity index (χ3v) is 8.51. The largest absolute Gasteiger partial charge is 0.496 e. The molecule has 10 nitrogen and oxygen atoms in total. The van der Waals surface area contributed by atoms with Crippen LogP contribution in [0.15, 0.2) is 52.1 Å². The normalized spacial score (nSPS) is 16.3. The van der Waals surface area contributed by atoms with Gasteiger partial charge in [-0.25, -0.2) is 4.99 Å². The SMILES string of the molecule is COc1cc2c(CC3=c4cccnc4=C(C(=O)N4CCCN(C)CC4)C=CC3)c(/N=C(/C)N)[nH]c2cc1-c1c(C)noc1C. The van der Waals surface area contributed by atoms with Gasteiger partial charge in [0.25, 0.3) is 5.91 Å². The summed E-state index contributed by atoms with van der Waals surface area (Å²) in [5.74, 6) is 2.61. The van der Waals surface area contributed by atoms with Crippen molar-refractivity contribution in [3.05, 3.63) is 70.2 Å². The number of nitrogens with two attached hydrogens (primary N) is 1. The smallest absolute Gasteiger partial charge is 0.256 e. The molecular formula is C34H39N7O3. The number of likely N-dealkylation sites (N-methyl/N-ethyl adjacent to an activating group) is 1. The van der Waals surface area contributed by atoms with Gasteiger partial charge in [0, 0.05) is 53.1 Å². The van der Waals surface area contributed by atoms with Crippen molar-refractivity contribution < 1.29 is 14.1 Å². The van der Waals surface area contributed by atoms with E-state index in [0.29, 0.717) is 42.4 Å². The fraction of sp³-hybridized carbons (Fsp3) is 0.353. The number of aryl methyl sites for hydroxylation is 2. The molecule has 1 saturated heterocycles. The summed E-state index contributed by atoms with van der Waals surface area (Å²) in [6.07, 6.45) is 8.00. The predicted octanol–water partition coefficient (Wildman–Crippen LogP) is 3.52. The average Bonchev–Trinajstić information content (AvgIpc) is 3.31. The molecule has 2 aliphatic rings. The van der Waals surface area contributed by atoms with Gasteiger partial charge in [0.2, 0.25) is 0 Å². The third kappa shape index (κ3) is 5.53. The number of rotatable bonds is 6. The molecule has 228 valence electrons. The lowest BCUT2D eigenvalue weighted by Gasteiger charge is -2.21. The van der Waals surface area contributed by atoms with Crippen LogP contribution in [0.25, 0.3) is 33.2 Å². The summed E-state index contributed by atoms with van der Waals surface area (Å²) in [4.78, 5) is 31.0. The Kier molecular flexibility index (Phi) is 8.09. The number of aromatic nitrogens is 3. The first-order valence-electron chi connectivity index (χ1n) is 15.0. The highest BCUT2D eigenvalue weighted by molar-refractivity contribution is 6.17. The lowest BCUT2D eigenvalue weighted by Crippen LogP contribution is -2.40. The molecule has 0 spiro atoms. The molecule has 4 aromatic rings. The van der Waals surface area contributed by atoms with E-state index in [4.69, 9.17) is 25.0 Å². The average molecular weight is 594 g/mol. The van der Waals surface area contributed by atoms with Crippen molar-refractivity contribution in [3.63, 3.8) is 0 Å². The summed E-state index contributed by atoms with van der Waals surface area (Å²) < 4.78 is 11.4. The van der Waals surface area contributed by atoms with E-state index in [1.807, 2.05) is 37.0 Å². The summed E-state index contributed by atoms with van der Waals surface area (Å²) >= 11 is 0. The number of aliphatic imine (C=N–C) groups is 1. The van der Waals surface area contributed by atoms with Crippen LogP contribution in [0.5, 0.6) is 5.75 Å². The minimum atomic E-state index is 0.0329. The molecule has 1 amide bonds. The van der Waals surface area contributed by atoms with Gasteiger partial charge >= 0.3 is 0 Å². The van der Waals surface area contributed by atoms with Crippen molar-refractivity contribution in [2.75, 3.05) is 40.3 Å². The van der Waals surface area contributed by atoms with Crippen molar-refractivity contribution in [3.8, 4) is 16.9 Å². The van der Waals surface area contributed by atoms with Crippen molar-refractivity contribution in [1.29, 1.82) is 0 Å². The number of allylic oxidation sites excluding steroid dienone is 1. The number of pyridine rings is 1. The molecule has 3 N–H and O–H groups in total. The van der Waals surface area contributed by atoms with Gasteiger partial charge in [0.1, 0.15) is 17.3 Å². The van der Waals surface area contributed by atoms with E-state index in [1.54, 1.807) is 20.2 Å². The second-order valence-electron chi connectivity index (χ2n) is 11.7. The van der Waals surface area contributed by atoms with Gasteiger partial charge in [0.15, 0.2) is 0 Å². The Bertz CT molecular complexity index is 1910. The molecule has 1 aliphatic heterocycles. The second kappa shape index (κ2) is 12.1. The second-order valence-corrected chi connectivity index (χ2v) is 11.7. The Hall–Kier alpha value is -4.70. The number of carbonyl (C=O) groups is 1. The van der Waals surface area contributed by atoms with E-state index in [-0.39, 0.29) is 5.91 Å². The van der Waals surface area contributed by atoms with Crippen molar-refractivity contribution in [1.82, 2.24) is 24.9 Å². The monoisotopic (exact) mass is 593 g/mol. The van der Waals surface area contributed by atoms with Crippen LogP contribution < -0.4 is 21.0 Å². The number of ether oxygens (including phenoxy) is 1. The molecule has 4 heterocycles. The van der Waals surface area contributed by atoms with Crippen LogP contribution in [0.1, 0.15) is 36.8 Å². The molecule has 0 radical (unpaired) electrons. The molecule has 10 heteroatoms. The van der Waals surface area contributed by atoms with Gasteiger partial charge in [-0.1, -0.05) is 28.9 Å². The van der Waals surface area contributed by atoms with Gasteiger partial charge in [0.05, 0.1) is 35.1 Å². The highest BCUT2D eigenvalue weighted by atomic mass is 16.5. The lowest BCUT2D eigenvalue weighted by atomic mass is 9.96. The van der Waals surface area contributed by atoms with Crippen LogP contribution >= 0.6 is 0 Å². The number of hydrogen-bond acceptors (Lipinski definition) is 7. The van der Waals surface area contributed by atoms with Crippen molar-refractivity contribution in [2.24, 2.45) is 10.7 Å². The molecule has 1 aromatic carbocycles. The molecular weight excluding hydrogens is 554 g/mol. The van der Waals surface area contributed by atoms with Crippen LogP contribution in [-0.2, 0) is 11.2 Å². The summed E-state index contributed by atoms with van der Waals surface area (Å²) in [6, 6.07) is 8.11. The predicted molar refractivity (Wildman–Crippen MR) is 173 cm³/mol. The maximum Gasteiger partial charge on any atom is 0.256 e. The fourth-order valence-corrected chi connectivity index (χ4v) is 6.33. The van der Waals surface area contributed by atoms with Gasteiger partial charge in [-0.2, -0.15) is 0 Å². The number of carbonyl (C=O) groups excluding carboxylic acids is 1. The van der Waals surface area contributed by atoms with Gasteiger partial charge in [-0.3, -0.25) is 9.78 Å². The zero-order chi connectivity index (χ0) is 31.0. The Morgan fingerprint density at radius 3 is 2.80 bits per heavy atom. The molecule has 0 unspecified atom stereocenters. The number of hydrogen-bond donors (Lipinski definition) is 2. The minimum absolute atomic E-state index is 0.0329. The molecule has 0 atom stereocenters. The summed E-state index contributed by atoms with van der Waals surface area (Å²) in [5, 5.41) is 6.82. The van der Waals surface area contributed by atoms with E-state index in [0.717, 1.165) is 81.2 Å². The standard InChI is InChI=1S/C34H39N7O3/c1-20-31(21(2)44-39-20)28-18-29-26(19-30(28)43-5)27(33(38-29)37-22(3)35)17-23-9-6-10-25(32-24(23)11-7-12-36-32)34(42)41-14-8-13-40(4)15-16-41/h6-7,10-12,18-19,38H,8-9,13-17H2,1-5H3,(H2,35,37). The van der Waals surface area contributed by atoms with Crippen LogP contribution in [0, 0.1) is 13.8 Å². The van der Waals surface area contributed by atoms with Crippen LogP contribution in [0.4, 0.5) is 5.82 Å². The number of amides is 1. The number of nitrogens with zero attached hydrogens (tertiary/aromatic N) is 5. The number of aromatic amines is 1. The number of nitrogens with one attached hydrogen (secondary N) is 1. The molecule has 3 aromatic heterocycles. The molecule has 1 aliphatic carbocycles. The number of amidine groups is 1. The highest BCUT2D eigenvalue weighted by Crippen LogP contribution is 2.41. The van der Waals surface area contributed by atoms with Crippen LogP contribution in [0.3, 0.4) is 0 Å². The van der Waals surface area contributed by atoms with E-state index >= 15 is 0 Å². The Balaban J connectivity index is 1.51. The fourth-order valence-electron chi connectivity index (χ4n) is 6.33. The Morgan fingerprint density at radius 1 is 1.20 bits per heavy atom.